The molecule has 0 aromatic heterocycles. The Morgan fingerprint density at radius 2 is 1.70 bits per heavy atom. The molecule has 1 amide bonds. The number of hydrogen-bond donors (Lipinski definition) is 0. The molecular formula is C9H9F8NO2. The van der Waals surface area contributed by atoms with Crippen molar-refractivity contribution in [3.8, 4) is 0 Å². The fourth-order valence-electron chi connectivity index (χ4n) is 1.27. The standard InChI is InChI=1S/C9H9F8NO2/c1-3-4-18(2)6(19)5(8(11,12)13)7(10,20-17)9(14,15)16/h3,5H,1,4H2,2H3. The first-order valence-electron chi connectivity index (χ1n) is 4.80. The Balaban J connectivity index is 5.81. The van der Waals surface area contributed by atoms with Gasteiger partial charge in [-0.1, -0.05) is 6.08 Å². The van der Waals surface area contributed by atoms with Crippen molar-refractivity contribution in [2.24, 2.45) is 5.92 Å². The minimum Gasteiger partial charge on any atom is -0.341 e. The molecule has 0 aromatic rings. The number of carbonyl (C=O) groups excluding carboxylic acids is 1. The highest BCUT2D eigenvalue weighted by molar-refractivity contribution is 5.80. The van der Waals surface area contributed by atoms with Gasteiger partial charge in [-0.25, -0.2) is 0 Å². The Bertz CT molecular complexity index is 366. The van der Waals surface area contributed by atoms with Crippen LogP contribution < -0.4 is 0 Å². The predicted molar refractivity (Wildman–Crippen MR) is 49.5 cm³/mol. The van der Waals surface area contributed by atoms with E-state index in [2.05, 4.69) is 6.58 Å². The minimum absolute atomic E-state index is 0.101. The van der Waals surface area contributed by atoms with Crippen LogP contribution in [0.2, 0.25) is 0 Å². The molecule has 0 spiro atoms. The molecule has 0 heterocycles. The second kappa shape index (κ2) is 5.94. The third kappa shape index (κ3) is 3.58. The van der Waals surface area contributed by atoms with Gasteiger partial charge in [-0.2, -0.15) is 30.7 Å². The topological polar surface area (TPSA) is 29.5 Å². The van der Waals surface area contributed by atoms with Gasteiger partial charge < -0.3 is 4.90 Å². The summed E-state index contributed by atoms with van der Waals surface area (Å²) >= 11 is 0. The molecule has 0 aromatic carbocycles. The van der Waals surface area contributed by atoms with E-state index in [1.54, 1.807) is 0 Å². The van der Waals surface area contributed by atoms with Crippen molar-refractivity contribution in [2.75, 3.05) is 13.6 Å². The highest BCUT2D eigenvalue weighted by Gasteiger charge is 2.74. The van der Waals surface area contributed by atoms with Gasteiger partial charge in [0.05, 0.1) is 0 Å². The second-order valence-corrected chi connectivity index (χ2v) is 3.70. The summed E-state index contributed by atoms with van der Waals surface area (Å²) in [6.45, 7) is 2.43. The lowest BCUT2D eigenvalue weighted by Gasteiger charge is -2.33. The maximum atomic E-state index is 13.3. The van der Waals surface area contributed by atoms with Gasteiger partial charge in [0.2, 0.25) is 11.8 Å². The molecule has 118 valence electrons. The fourth-order valence-corrected chi connectivity index (χ4v) is 1.27. The lowest BCUT2D eigenvalue weighted by molar-refractivity contribution is -0.436. The zero-order valence-corrected chi connectivity index (χ0v) is 9.86. The molecule has 0 N–H and O–H groups in total. The van der Waals surface area contributed by atoms with Crippen LogP contribution in [0.25, 0.3) is 0 Å². The van der Waals surface area contributed by atoms with Crippen LogP contribution in [0.3, 0.4) is 0 Å². The smallest absolute Gasteiger partial charge is 0.341 e. The number of amides is 1. The molecule has 2 atom stereocenters. The molecule has 0 rings (SSSR count). The van der Waals surface area contributed by atoms with Crippen molar-refractivity contribution < 1.29 is 45.0 Å². The summed E-state index contributed by atoms with van der Waals surface area (Å²) in [6.07, 6.45) is -11.6. The van der Waals surface area contributed by atoms with Crippen molar-refractivity contribution >= 4 is 5.91 Å². The normalized spacial score (nSPS) is 17.2. The molecule has 20 heavy (non-hydrogen) atoms. The Morgan fingerprint density at radius 1 is 1.25 bits per heavy atom. The molecule has 0 aliphatic heterocycles. The predicted octanol–water partition coefficient (Wildman–Crippen LogP) is 2.94. The lowest BCUT2D eigenvalue weighted by atomic mass is 9.97. The Morgan fingerprint density at radius 3 is 1.95 bits per heavy atom. The van der Waals surface area contributed by atoms with E-state index in [9.17, 15) is 40.1 Å². The molecule has 0 fully saturated rings. The first-order valence-corrected chi connectivity index (χ1v) is 4.80. The molecule has 0 saturated carbocycles. The van der Waals surface area contributed by atoms with Crippen molar-refractivity contribution in [3.63, 3.8) is 0 Å². The summed E-state index contributed by atoms with van der Waals surface area (Å²) in [5.41, 5.74) is 0. The van der Waals surface area contributed by atoms with E-state index in [0.29, 0.717) is 7.05 Å². The molecule has 2 unspecified atom stereocenters. The van der Waals surface area contributed by atoms with E-state index in [-0.39, 0.29) is 4.90 Å². The average Bonchev–Trinajstić information content (AvgIpc) is 2.25. The third-order valence-corrected chi connectivity index (χ3v) is 2.22. The molecule has 0 aliphatic carbocycles. The maximum Gasteiger partial charge on any atom is 0.452 e. The summed E-state index contributed by atoms with van der Waals surface area (Å²) in [5.74, 6) is -12.6. The molecule has 0 aliphatic rings. The van der Waals surface area contributed by atoms with Crippen molar-refractivity contribution in [1.82, 2.24) is 4.90 Å². The molecule has 3 nitrogen and oxygen atoms in total. The van der Waals surface area contributed by atoms with Gasteiger partial charge in [0, 0.05) is 13.6 Å². The van der Waals surface area contributed by atoms with Crippen LogP contribution in [0.1, 0.15) is 0 Å². The van der Waals surface area contributed by atoms with Gasteiger partial charge in [0.1, 0.15) is 0 Å². The van der Waals surface area contributed by atoms with Crippen molar-refractivity contribution in [3.05, 3.63) is 12.7 Å². The summed E-state index contributed by atoms with van der Waals surface area (Å²) in [4.78, 5) is 13.3. The number of rotatable bonds is 5. The highest BCUT2D eigenvalue weighted by atomic mass is 19.4. The lowest BCUT2D eigenvalue weighted by Crippen LogP contribution is -2.59. The molecule has 0 saturated heterocycles. The second-order valence-electron chi connectivity index (χ2n) is 3.70. The summed E-state index contributed by atoms with van der Waals surface area (Å²) in [5, 5.41) is 0. The largest absolute Gasteiger partial charge is 0.452 e. The number of likely N-dealkylation sites (N-methyl/N-ethyl adjacent to an activating group) is 1. The quantitative estimate of drug-likeness (QED) is 0.577. The van der Waals surface area contributed by atoms with Crippen LogP contribution in [0.4, 0.5) is 35.3 Å². The van der Waals surface area contributed by atoms with Crippen LogP contribution in [-0.2, 0) is 9.74 Å². The number of hydrogen-bond acceptors (Lipinski definition) is 2. The summed E-state index contributed by atoms with van der Waals surface area (Å²) < 4.78 is 99.5. The average molecular weight is 315 g/mol. The van der Waals surface area contributed by atoms with Crippen LogP contribution >= 0.6 is 0 Å². The Labute approximate surface area is 107 Å². The zero-order valence-electron chi connectivity index (χ0n) is 9.86. The van der Waals surface area contributed by atoms with E-state index in [1.165, 1.54) is 0 Å². The van der Waals surface area contributed by atoms with E-state index in [1.807, 2.05) is 4.94 Å². The number of alkyl halides is 7. The molecule has 0 radical (unpaired) electrons. The zero-order chi connectivity index (χ0) is 16.4. The highest BCUT2D eigenvalue weighted by Crippen LogP contribution is 2.48. The van der Waals surface area contributed by atoms with E-state index in [0.717, 1.165) is 6.08 Å². The van der Waals surface area contributed by atoms with Gasteiger partial charge in [-0.3, -0.25) is 4.79 Å². The SMILES string of the molecule is C=CCN(C)C(=O)C(C(F)(F)F)C(F)(OF)C(F)(F)F. The van der Waals surface area contributed by atoms with Gasteiger partial charge in [-0.05, 0) is 4.53 Å². The van der Waals surface area contributed by atoms with E-state index < -0.39 is 36.6 Å². The summed E-state index contributed by atoms with van der Waals surface area (Å²) in [7, 11) is 0.664. The van der Waals surface area contributed by atoms with Crippen molar-refractivity contribution in [2.45, 2.75) is 18.2 Å². The third-order valence-electron chi connectivity index (χ3n) is 2.22. The van der Waals surface area contributed by atoms with Gasteiger partial charge in [0.25, 0.3) is 0 Å². The van der Waals surface area contributed by atoms with E-state index in [4.69, 9.17) is 0 Å². The van der Waals surface area contributed by atoms with Crippen LogP contribution in [0.15, 0.2) is 12.7 Å². The first kappa shape index (κ1) is 18.6. The van der Waals surface area contributed by atoms with E-state index >= 15 is 0 Å². The number of carbonyl (C=O) groups is 1. The van der Waals surface area contributed by atoms with Gasteiger partial charge in [0.15, 0.2) is 0 Å². The van der Waals surface area contributed by atoms with Gasteiger partial charge >= 0.3 is 18.2 Å². The molecule has 11 heteroatoms. The number of nitrogens with zero attached hydrogens (tertiary/aromatic N) is 1. The van der Waals surface area contributed by atoms with Crippen LogP contribution in [-0.4, -0.2) is 42.6 Å². The Hall–Kier alpha value is -1.39. The van der Waals surface area contributed by atoms with Gasteiger partial charge in [-0.15, -0.1) is 11.5 Å². The van der Waals surface area contributed by atoms with Crippen LogP contribution in [0, 0.1) is 5.92 Å². The summed E-state index contributed by atoms with van der Waals surface area (Å²) in [6, 6.07) is 0. The molecular weight excluding hydrogens is 306 g/mol. The van der Waals surface area contributed by atoms with Crippen LogP contribution in [0.5, 0.6) is 0 Å². The fraction of sp³-hybridized carbons (Fsp3) is 0.667. The Kier molecular flexibility index (Phi) is 5.52. The maximum absolute atomic E-state index is 13.3. The minimum atomic E-state index is -6.41. The molecule has 0 bridgehead atoms. The monoisotopic (exact) mass is 315 g/mol. The number of halogens is 8. The first-order chi connectivity index (χ1) is 8.82. The van der Waals surface area contributed by atoms with Crippen molar-refractivity contribution in [1.29, 1.82) is 0 Å².